The molecule has 1 fully saturated rings. The number of hydrogen-bond donors (Lipinski definition) is 0. The number of nitrogens with zero attached hydrogens (tertiary/aromatic N) is 2. The second kappa shape index (κ2) is 8.06. The van der Waals surface area contributed by atoms with Crippen molar-refractivity contribution in [1.29, 1.82) is 0 Å². The van der Waals surface area contributed by atoms with E-state index in [1.165, 1.54) is 12.0 Å². The van der Waals surface area contributed by atoms with Crippen LogP contribution in [-0.4, -0.2) is 16.4 Å². The Morgan fingerprint density at radius 2 is 1.41 bits per heavy atom. The second-order valence-electron chi connectivity index (χ2n) is 7.58. The zero-order valence-electron chi connectivity index (χ0n) is 16.4. The molecule has 3 nitrogen and oxygen atoms in total. The molecule has 3 heteroatoms. The number of rotatable bonds is 5. The van der Waals surface area contributed by atoms with Crippen molar-refractivity contribution in [2.24, 2.45) is 0 Å². The van der Waals surface area contributed by atoms with Crippen molar-refractivity contribution in [2.45, 2.75) is 25.4 Å². The van der Waals surface area contributed by atoms with E-state index in [-0.39, 0.29) is 6.04 Å². The molecule has 1 aliphatic rings. The van der Waals surface area contributed by atoms with Gasteiger partial charge in [-0.2, -0.15) is 0 Å². The summed E-state index contributed by atoms with van der Waals surface area (Å²) in [4.78, 5) is 7.51. The Morgan fingerprint density at radius 3 is 2.10 bits per heavy atom. The molecule has 1 aromatic heterocycles. The lowest BCUT2D eigenvalue weighted by Crippen LogP contribution is -2.22. The average Bonchev–Trinajstić information content (AvgIpc) is 3.43. The van der Waals surface area contributed by atoms with Crippen LogP contribution in [0.1, 0.15) is 30.3 Å². The molecule has 1 atom stereocenters. The summed E-state index contributed by atoms with van der Waals surface area (Å²) in [6.45, 7) is 2.00. The molecule has 5 rings (SSSR count). The summed E-state index contributed by atoms with van der Waals surface area (Å²) in [5.74, 6) is 1.69. The van der Waals surface area contributed by atoms with Gasteiger partial charge in [0, 0.05) is 17.7 Å². The van der Waals surface area contributed by atoms with E-state index in [9.17, 15) is 0 Å². The fourth-order valence-corrected chi connectivity index (χ4v) is 4.17. The standard InChI is InChI=1S/C26H24N2O/c1-4-11-20(12-5-1)19-28-18-10-17-23(28)26-27-24(21-13-6-2-7-14-21)25(29-26)22-15-8-3-9-16-22/h1-9,11-16,23H,10,17-19H2. The summed E-state index contributed by atoms with van der Waals surface area (Å²) in [7, 11) is 0. The molecule has 0 radical (unpaired) electrons. The highest BCUT2D eigenvalue weighted by molar-refractivity contribution is 5.76. The summed E-state index contributed by atoms with van der Waals surface area (Å²) < 4.78 is 6.45. The molecule has 1 unspecified atom stereocenters. The lowest BCUT2D eigenvalue weighted by Gasteiger charge is -2.21. The Hall–Kier alpha value is -3.17. The van der Waals surface area contributed by atoms with Gasteiger partial charge in [-0.1, -0.05) is 91.0 Å². The van der Waals surface area contributed by atoms with E-state index in [4.69, 9.17) is 9.40 Å². The number of likely N-dealkylation sites (tertiary alicyclic amines) is 1. The minimum atomic E-state index is 0.218. The molecule has 0 bridgehead atoms. The van der Waals surface area contributed by atoms with Crippen LogP contribution in [0.15, 0.2) is 95.4 Å². The molecule has 0 saturated carbocycles. The Kier molecular flexibility index (Phi) is 4.97. The first-order chi connectivity index (χ1) is 14.4. The number of hydrogen-bond acceptors (Lipinski definition) is 3. The molecule has 2 heterocycles. The summed E-state index contributed by atoms with van der Waals surface area (Å²) >= 11 is 0. The minimum Gasteiger partial charge on any atom is -0.438 e. The van der Waals surface area contributed by atoms with E-state index in [1.807, 2.05) is 24.3 Å². The van der Waals surface area contributed by atoms with Crippen molar-refractivity contribution in [3.05, 3.63) is 102 Å². The van der Waals surface area contributed by atoms with E-state index < -0.39 is 0 Å². The molecule has 0 N–H and O–H groups in total. The summed E-state index contributed by atoms with van der Waals surface area (Å²) in [5, 5.41) is 0. The molecule has 29 heavy (non-hydrogen) atoms. The van der Waals surface area contributed by atoms with Gasteiger partial charge >= 0.3 is 0 Å². The molecule has 0 aliphatic carbocycles. The maximum Gasteiger partial charge on any atom is 0.212 e. The Balaban J connectivity index is 1.52. The van der Waals surface area contributed by atoms with Gasteiger partial charge in [-0.3, -0.25) is 4.90 Å². The van der Waals surface area contributed by atoms with Crippen LogP contribution < -0.4 is 0 Å². The third-order valence-corrected chi connectivity index (χ3v) is 5.60. The summed E-state index contributed by atoms with van der Waals surface area (Å²) in [6.07, 6.45) is 2.25. The fourth-order valence-electron chi connectivity index (χ4n) is 4.17. The first-order valence-corrected chi connectivity index (χ1v) is 10.3. The first-order valence-electron chi connectivity index (χ1n) is 10.3. The van der Waals surface area contributed by atoms with Crippen LogP contribution in [0, 0.1) is 0 Å². The van der Waals surface area contributed by atoms with Crippen molar-refractivity contribution < 1.29 is 4.42 Å². The lowest BCUT2D eigenvalue weighted by molar-refractivity contribution is 0.216. The number of benzene rings is 3. The summed E-state index contributed by atoms with van der Waals surface area (Å²) in [5.41, 5.74) is 4.42. The number of oxazole rings is 1. The van der Waals surface area contributed by atoms with E-state index in [0.717, 1.165) is 48.0 Å². The van der Waals surface area contributed by atoms with Crippen LogP contribution in [0.2, 0.25) is 0 Å². The van der Waals surface area contributed by atoms with Gasteiger partial charge in [0.05, 0.1) is 6.04 Å². The Bertz CT molecular complexity index is 1000. The van der Waals surface area contributed by atoms with Crippen LogP contribution in [0.5, 0.6) is 0 Å². The zero-order chi connectivity index (χ0) is 19.5. The van der Waals surface area contributed by atoms with Gasteiger partial charge in [-0.15, -0.1) is 0 Å². The molecule has 0 amide bonds. The van der Waals surface area contributed by atoms with Crippen molar-refractivity contribution in [3.8, 4) is 22.6 Å². The van der Waals surface area contributed by atoms with E-state index in [0.29, 0.717) is 0 Å². The topological polar surface area (TPSA) is 29.3 Å². The highest BCUT2D eigenvalue weighted by Gasteiger charge is 2.31. The van der Waals surface area contributed by atoms with Gasteiger partial charge in [0.25, 0.3) is 0 Å². The van der Waals surface area contributed by atoms with Crippen molar-refractivity contribution >= 4 is 0 Å². The van der Waals surface area contributed by atoms with Crippen molar-refractivity contribution in [3.63, 3.8) is 0 Å². The summed E-state index contributed by atoms with van der Waals surface area (Å²) in [6, 6.07) is 31.5. The second-order valence-corrected chi connectivity index (χ2v) is 7.58. The van der Waals surface area contributed by atoms with Crippen LogP contribution in [0.25, 0.3) is 22.6 Å². The average molecular weight is 380 g/mol. The molecular formula is C26H24N2O. The van der Waals surface area contributed by atoms with Crippen LogP contribution in [0.4, 0.5) is 0 Å². The van der Waals surface area contributed by atoms with Crippen LogP contribution >= 0.6 is 0 Å². The maximum absolute atomic E-state index is 6.45. The monoisotopic (exact) mass is 380 g/mol. The Labute approximate surface area is 171 Å². The van der Waals surface area contributed by atoms with Gasteiger partial charge in [0.1, 0.15) is 5.69 Å². The van der Waals surface area contributed by atoms with Crippen molar-refractivity contribution in [2.75, 3.05) is 6.54 Å². The maximum atomic E-state index is 6.45. The highest BCUT2D eigenvalue weighted by Crippen LogP contribution is 2.39. The molecule has 144 valence electrons. The smallest absolute Gasteiger partial charge is 0.212 e. The minimum absolute atomic E-state index is 0.218. The fraction of sp³-hybridized carbons (Fsp3) is 0.192. The quantitative estimate of drug-likeness (QED) is 0.404. The van der Waals surface area contributed by atoms with Crippen molar-refractivity contribution in [1.82, 2.24) is 9.88 Å². The van der Waals surface area contributed by atoms with E-state index >= 15 is 0 Å². The van der Waals surface area contributed by atoms with Crippen LogP contribution in [0.3, 0.4) is 0 Å². The van der Waals surface area contributed by atoms with Crippen LogP contribution in [-0.2, 0) is 6.54 Å². The van der Waals surface area contributed by atoms with Gasteiger partial charge in [0.15, 0.2) is 5.76 Å². The van der Waals surface area contributed by atoms with Gasteiger partial charge < -0.3 is 4.42 Å². The lowest BCUT2D eigenvalue weighted by atomic mass is 10.1. The Morgan fingerprint density at radius 1 is 0.793 bits per heavy atom. The number of aromatic nitrogens is 1. The zero-order valence-corrected chi connectivity index (χ0v) is 16.4. The molecule has 4 aromatic rings. The largest absolute Gasteiger partial charge is 0.438 e. The predicted molar refractivity (Wildman–Crippen MR) is 116 cm³/mol. The third-order valence-electron chi connectivity index (χ3n) is 5.60. The SMILES string of the molecule is c1ccc(CN2CCCC2c2nc(-c3ccccc3)c(-c3ccccc3)o2)cc1. The van der Waals surface area contributed by atoms with Gasteiger partial charge in [-0.25, -0.2) is 4.98 Å². The van der Waals surface area contributed by atoms with Gasteiger partial charge in [-0.05, 0) is 24.9 Å². The molecule has 3 aromatic carbocycles. The molecule has 0 spiro atoms. The molecule has 1 aliphatic heterocycles. The molecule has 1 saturated heterocycles. The normalized spacial score (nSPS) is 16.9. The van der Waals surface area contributed by atoms with Gasteiger partial charge in [0.2, 0.25) is 5.89 Å². The van der Waals surface area contributed by atoms with E-state index in [2.05, 4.69) is 71.6 Å². The predicted octanol–water partition coefficient (Wildman–Crippen LogP) is 6.35. The molecular weight excluding hydrogens is 356 g/mol. The highest BCUT2D eigenvalue weighted by atomic mass is 16.4. The van der Waals surface area contributed by atoms with E-state index in [1.54, 1.807) is 0 Å². The first kappa shape index (κ1) is 17.9. The third kappa shape index (κ3) is 3.74.